The molecule has 0 spiro atoms. The molecule has 1 atom stereocenters. The van der Waals surface area contributed by atoms with E-state index in [-0.39, 0.29) is 18.5 Å². The number of hydrogen-bond acceptors (Lipinski definition) is 5. The molecule has 1 aromatic heterocycles. The van der Waals surface area contributed by atoms with Crippen molar-refractivity contribution < 1.29 is 18.7 Å². The maximum atomic E-state index is 14.3. The van der Waals surface area contributed by atoms with Gasteiger partial charge in [0.2, 0.25) is 0 Å². The molecule has 0 bridgehead atoms. The van der Waals surface area contributed by atoms with Crippen LogP contribution in [0, 0.1) is 12.7 Å². The van der Waals surface area contributed by atoms with E-state index in [9.17, 15) is 9.50 Å². The minimum absolute atomic E-state index is 0.125. The molecule has 2 aromatic rings. The highest BCUT2D eigenvalue weighted by molar-refractivity contribution is 5.29. The summed E-state index contributed by atoms with van der Waals surface area (Å²) in [5.74, 6) is 2.15. The molecule has 1 saturated heterocycles. The average molecular weight is 362 g/mol. The van der Waals surface area contributed by atoms with Gasteiger partial charge in [-0.3, -0.25) is 9.80 Å². The molecule has 142 valence electrons. The highest BCUT2D eigenvalue weighted by Crippen LogP contribution is 2.22. The van der Waals surface area contributed by atoms with Gasteiger partial charge in [-0.25, -0.2) is 4.39 Å². The SMILES string of the molecule is COc1ccc(CN2CCN(Cc3ccc(C)o3)C[C@@H]2CCO)c(F)c1. The van der Waals surface area contributed by atoms with Crippen molar-refractivity contribution in [3.05, 3.63) is 53.2 Å². The lowest BCUT2D eigenvalue weighted by Gasteiger charge is -2.41. The number of aryl methyl sites for hydroxylation is 1. The molecule has 0 radical (unpaired) electrons. The van der Waals surface area contributed by atoms with Gasteiger partial charge in [0.15, 0.2) is 0 Å². The first kappa shape index (κ1) is 18.9. The highest BCUT2D eigenvalue weighted by Gasteiger charge is 2.27. The van der Waals surface area contributed by atoms with Crippen LogP contribution in [-0.2, 0) is 13.1 Å². The Morgan fingerprint density at radius 2 is 2.08 bits per heavy atom. The number of nitrogens with zero attached hydrogens (tertiary/aromatic N) is 2. The molecule has 26 heavy (non-hydrogen) atoms. The zero-order chi connectivity index (χ0) is 18.5. The van der Waals surface area contributed by atoms with Gasteiger partial charge in [0, 0.05) is 50.5 Å². The number of rotatable bonds is 7. The number of halogens is 1. The van der Waals surface area contributed by atoms with Crippen LogP contribution >= 0.6 is 0 Å². The molecule has 0 saturated carbocycles. The molecule has 1 aliphatic heterocycles. The second-order valence-electron chi connectivity index (χ2n) is 6.84. The van der Waals surface area contributed by atoms with Gasteiger partial charge >= 0.3 is 0 Å². The average Bonchev–Trinajstić information content (AvgIpc) is 3.03. The lowest BCUT2D eigenvalue weighted by molar-refractivity contribution is 0.0461. The highest BCUT2D eigenvalue weighted by atomic mass is 19.1. The Balaban J connectivity index is 1.64. The number of furan rings is 1. The predicted molar refractivity (Wildman–Crippen MR) is 97.6 cm³/mol. The number of hydrogen-bond donors (Lipinski definition) is 1. The minimum atomic E-state index is -0.249. The second-order valence-corrected chi connectivity index (χ2v) is 6.84. The first-order valence-corrected chi connectivity index (χ1v) is 9.04. The summed E-state index contributed by atoms with van der Waals surface area (Å²) in [6, 6.07) is 9.16. The number of methoxy groups -OCH3 is 1. The third-order valence-electron chi connectivity index (χ3n) is 4.96. The van der Waals surface area contributed by atoms with E-state index in [0.29, 0.717) is 24.3 Å². The lowest BCUT2D eigenvalue weighted by atomic mass is 10.1. The number of aliphatic hydroxyl groups is 1. The number of aliphatic hydroxyl groups excluding tert-OH is 1. The van der Waals surface area contributed by atoms with Crippen molar-refractivity contribution in [3.8, 4) is 5.75 Å². The van der Waals surface area contributed by atoms with Crippen molar-refractivity contribution in [2.75, 3.05) is 33.4 Å². The molecule has 0 amide bonds. The van der Waals surface area contributed by atoms with Crippen molar-refractivity contribution in [2.24, 2.45) is 0 Å². The molecule has 1 fully saturated rings. The third-order valence-corrected chi connectivity index (χ3v) is 4.96. The first-order valence-electron chi connectivity index (χ1n) is 9.04. The van der Waals surface area contributed by atoms with E-state index in [1.807, 2.05) is 19.1 Å². The van der Waals surface area contributed by atoms with Crippen molar-refractivity contribution in [1.82, 2.24) is 9.80 Å². The maximum Gasteiger partial charge on any atom is 0.131 e. The summed E-state index contributed by atoms with van der Waals surface area (Å²) in [6.07, 6.45) is 0.672. The van der Waals surface area contributed by atoms with Crippen LogP contribution in [0.5, 0.6) is 5.75 Å². The summed E-state index contributed by atoms with van der Waals surface area (Å²) in [5, 5.41) is 9.45. The van der Waals surface area contributed by atoms with Gasteiger partial charge in [0.1, 0.15) is 23.1 Å². The molecule has 1 aliphatic rings. The van der Waals surface area contributed by atoms with Gasteiger partial charge in [-0.05, 0) is 31.5 Å². The molecule has 1 N–H and O–H groups in total. The van der Waals surface area contributed by atoms with Crippen LogP contribution < -0.4 is 4.74 Å². The van der Waals surface area contributed by atoms with Crippen molar-refractivity contribution in [2.45, 2.75) is 32.5 Å². The molecular formula is C20H27FN2O3. The summed E-state index contributed by atoms with van der Waals surface area (Å²) in [4.78, 5) is 4.59. The number of piperazine rings is 1. The van der Waals surface area contributed by atoms with Gasteiger partial charge in [-0.2, -0.15) is 0 Å². The molecule has 5 nitrogen and oxygen atoms in total. The van der Waals surface area contributed by atoms with Gasteiger partial charge in [0.25, 0.3) is 0 Å². The van der Waals surface area contributed by atoms with Gasteiger partial charge < -0.3 is 14.3 Å². The summed E-state index contributed by atoms with van der Waals surface area (Å²) < 4.78 is 25.0. The van der Waals surface area contributed by atoms with E-state index < -0.39 is 0 Å². The van der Waals surface area contributed by atoms with E-state index in [0.717, 1.165) is 37.7 Å². The van der Waals surface area contributed by atoms with Crippen molar-refractivity contribution in [3.63, 3.8) is 0 Å². The van der Waals surface area contributed by atoms with Crippen LogP contribution in [0.4, 0.5) is 4.39 Å². The van der Waals surface area contributed by atoms with Gasteiger partial charge in [0.05, 0.1) is 13.7 Å². The lowest BCUT2D eigenvalue weighted by Crippen LogP contribution is -2.52. The molecule has 3 rings (SSSR count). The smallest absolute Gasteiger partial charge is 0.131 e. The summed E-state index contributed by atoms with van der Waals surface area (Å²) in [7, 11) is 1.53. The summed E-state index contributed by atoms with van der Waals surface area (Å²) in [6.45, 7) is 5.92. The maximum absolute atomic E-state index is 14.3. The van der Waals surface area contributed by atoms with Crippen molar-refractivity contribution >= 4 is 0 Å². The van der Waals surface area contributed by atoms with E-state index >= 15 is 0 Å². The molecule has 0 aliphatic carbocycles. The standard InChI is InChI=1S/C20H27FN2O3/c1-15-3-5-19(26-15)14-22-8-9-23(17(13-22)7-10-24)12-16-4-6-18(25-2)11-20(16)21/h3-6,11,17,24H,7-10,12-14H2,1-2H3/t17-/m0/s1. The fourth-order valence-electron chi connectivity index (χ4n) is 3.52. The molecule has 0 unspecified atom stereocenters. The Hall–Kier alpha value is -1.89. The van der Waals surface area contributed by atoms with Crippen LogP contribution in [0.2, 0.25) is 0 Å². The molecule has 1 aromatic carbocycles. The Bertz CT molecular complexity index is 719. The van der Waals surface area contributed by atoms with Gasteiger partial charge in [-0.15, -0.1) is 0 Å². The number of ether oxygens (including phenoxy) is 1. The van der Waals surface area contributed by atoms with Crippen LogP contribution in [0.25, 0.3) is 0 Å². The third kappa shape index (κ3) is 4.63. The molecule has 2 heterocycles. The summed E-state index contributed by atoms with van der Waals surface area (Å²) in [5.41, 5.74) is 0.656. The molecular weight excluding hydrogens is 335 g/mol. The van der Waals surface area contributed by atoms with E-state index in [2.05, 4.69) is 9.80 Å². The number of benzene rings is 1. The largest absolute Gasteiger partial charge is 0.497 e. The Labute approximate surface area is 154 Å². The van der Waals surface area contributed by atoms with E-state index in [4.69, 9.17) is 9.15 Å². The van der Waals surface area contributed by atoms with Crippen molar-refractivity contribution in [1.29, 1.82) is 0 Å². The minimum Gasteiger partial charge on any atom is -0.497 e. The van der Waals surface area contributed by atoms with E-state index in [1.165, 1.54) is 13.2 Å². The Kier molecular flexibility index (Phi) is 6.29. The van der Waals surface area contributed by atoms with Crippen LogP contribution in [0.15, 0.2) is 34.7 Å². The summed E-state index contributed by atoms with van der Waals surface area (Å²) >= 11 is 0. The predicted octanol–water partition coefficient (Wildman–Crippen LogP) is 2.80. The van der Waals surface area contributed by atoms with Gasteiger partial charge in [-0.1, -0.05) is 6.07 Å². The monoisotopic (exact) mass is 362 g/mol. The van der Waals surface area contributed by atoms with Crippen LogP contribution in [0.1, 0.15) is 23.5 Å². The Morgan fingerprint density at radius 1 is 1.23 bits per heavy atom. The first-order chi connectivity index (χ1) is 12.6. The topological polar surface area (TPSA) is 49.1 Å². The normalized spacial score (nSPS) is 19.0. The quantitative estimate of drug-likeness (QED) is 0.821. The molecule has 6 heteroatoms. The zero-order valence-corrected chi connectivity index (χ0v) is 15.4. The fraction of sp³-hybridized carbons (Fsp3) is 0.500. The second kappa shape index (κ2) is 8.66. The van der Waals surface area contributed by atoms with Crippen LogP contribution in [-0.4, -0.2) is 54.3 Å². The van der Waals surface area contributed by atoms with E-state index in [1.54, 1.807) is 12.1 Å². The fourth-order valence-corrected chi connectivity index (χ4v) is 3.52. The zero-order valence-electron chi connectivity index (χ0n) is 15.4. The Morgan fingerprint density at radius 3 is 2.73 bits per heavy atom. The van der Waals surface area contributed by atoms with Crippen LogP contribution in [0.3, 0.4) is 0 Å².